The number of hydrogen-bond donors (Lipinski definition) is 8. The largest absolute Gasteiger partial charge is 0.479 e. The number of likely N-dealkylation sites (tertiary alicyclic amines) is 2. The summed E-state index contributed by atoms with van der Waals surface area (Å²) in [7, 11) is 8.13. The summed E-state index contributed by atoms with van der Waals surface area (Å²) in [5.74, 6) is -9.02. The smallest absolute Gasteiger partial charge is 0.410 e. The molecule has 0 aliphatic carbocycles. The van der Waals surface area contributed by atoms with Crippen LogP contribution in [-0.2, 0) is 91.3 Å². The van der Waals surface area contributed by atoms with Crippen LogP contribution in [0.3, 0.4) is 0 Å². The molecule has 3 fully saturated rings. The van der Waals surface area contributed by atoms with E-state index in [0.29, 0.717) is 70.6 Å². The van der Waals surface area contributed by atoms with E-state index in [9.17, 15) is 68.7 Å². The number of aliphatic carboxylic acids is 1. The highest BCUT2D eigenvalue weighted by atomic mass is 16.7. The van der Waals surface area contributed by atoms with Gasteiger partial charge in [0.1, 0.15) is 42.1 Å². The molecule has 32 heteroatoms. The second kappa shape index (κ2) is 48.7. The third kappa shape index (κ3) is 27.8. The third-order valence-electron chi connectivity index (χ3n) is 24.4. The van der Waals surface area contributed by atoms with Gasteiger partial charge in [-0.25, -0.2) is 14.6 Å². The maximum atomic E-state index is 15.1. The number of ketones is 3. The summed E-state index contributed by atoms with van der Waals surface area (Å²) in [6, 6.07) is 16.4. The number of anilines is 1. The Morgan fingerprint density at radius 3 is 2.01 bits per heavy atom. The average molecular weight is 1710 g/mol. The zero-order valence-corrected chi connectivity index (χ0v) is 74.6. The maximum Gasteiger partial charge on any atom is 0.410 e. The first-order valence-electron chi connectivity index (χ1n) is 43.4. The molecule has 0 radical (unpaired) electrons. The molecule has 122 heavy (non-hydrogen) atoms. The molecule has 17 atom stereocenters. The summed E-state index contributed by atoms with van der Waals surface area (Å²) >= 11 is 0. The van der Waals surface area contributed by atoms with Crippen LogP contribution in [0.25, 0.3) is 11.0 Å². The van der Waals surface area contributed by atoms with Crippen LogP contribution < -0.4 is 20.7 Å². The highest BCUT2D eigenvalue weighted by Crippen LogP contribution is 2.36. The lowest BCUT2D eigenvalue weighted by Gasteiger charge is -2.41. The van der Waals surface area contributed by atoms with Crippen molar-refractivity contribution in [1.29, 1.82) is 0 Å². The molecular weight excluding hydrogens is 1570 g/mol. The quantitative estimate of drug-likeness (QED) is 0.0197. The number of fused-ring (bicyclic) bond motifs is 1. The van der Waals surface area contributed by atoms with Crippen molar-refractivity contribution in [2.75, 3.05) is 99.8 Å². The third-order valence-corrected chi connectivity index (χ3v) is 24.4. The number of Topliss-reactive ketones (excluding diaryl/α,β-unsaturated/α-hetero) is 3. The summed E-state index contributed by atoms with van der Waals surface area (Å²) < 4.78 is 43.0. The maximum absolute atomic E-state index is 15.1. The van der Waals surface area contributed by atoms with Crippen LogP contribution >= 0.6 is 0 Å². The number of carbonyl (C=O) groups excluding carboxylic acids is 9. The van der Waals surface area contributed by atoms with Crippen LogP contribution in [0.15, 0.2) is 72.9 Å². The zero-order chi connectivity index (χ0) is 89.9. The molecular formula is C90H138N10O22. The van der Waals surface area contributed by atoms with Crippen molar-refractivity contribution in [1.82, 2.24) is 44.7 Å². The van der Waals surface area contributed by atoms with Gasteiger partial charge in [0, 0.05) is 141 Å². The lowest BCUT2D eigenvalue weighted by Crippen LogP contribution is -2.61. The van der Waals surface area contributed by atoms with Gasteiger partial charge in [0.2, 0.25) is 35.8 Å². The number of aliphatic hydroxyl groups excluding tert-OH is 4. The Hall–Kier alpha value is -8.41. The van der Waals surface area contributed by atoms with Gasteiger partial charge in [0.15, 0.2) is 17.7 Å². The van der Waals surface area contributed by atoms with E-state index in [4.69, 9.17) is 33.2 Å². The van der Waals surface area contributed by atoms with E-state index >= 15 is 4.79 Å². The topological polar surface area (TPSA) is 407 Å². The Morgan fingerprint density at radius 2 is 1.38 bits per heavy atom. The molecule has 0 unspecified atom stereocenters. The van der Waals surface area contributed by atoms with Crippen LogP contribution in [0, 0.1) is 47.3 Å². The number of ether oxygens (including phenoxy) is 7. The fourth-order valence-electron chi connectivity index (χ4n) is 16.7. The van der Waals surface area contributed by atoms with Crippen LogP contribution in [0.2, 0.25) is 0 Å². The minimum absolute atomic E-state index is 0.0475. The average Bonchev–Trinajstić information content (AvgIpc) is 1.40. The molecule has 0 saturated carbocycles. The molecule has 3 aliphatic heterocycles. The Labute approximate surface area is 719 Å². The molecule has 8 N–H and O–H groups in total. The number of benzene rings is 2. The number of pyridine rings is 1. The normalized spacial score (nSPS) is 20.5. The molecule has 2 aromatic heterocycles. The number of amides is 6. The van der Waals surface area contributed by atoms with Gasteiger partial charge < -0.3 is 104 Å². The first-order chi connectivity index (χ1) is 58.0. The molecule has 0 bridgehead atoms. The number of likely N-dealkylation sites (N-methyl/N-ethyl adjacent to an activating group) is 2. The van der Waals surface area contributed by atoms with E-state index in [0.717, 1.165) is 47.6 Å². The number of piperidine rings is 1. The number of aliphatic hydroxyl groups is 4. The molecule has 3 saturated heterocycles. The number of nitrogens with zero attached hydrogens (tertiary/aromatic N) is 7. The van der Waals surface area contributed by atoms with Crippen molar-refractivity contribution in [2.45, 2.75) is 253 Å². The Kier molecular flexibility index (Phi) is 40.2. The van der Waals surface area contributed by atoms with Crippen molar-refractivity contribution in [3.8, 4) is 5.75 Å². The van der Waals surface area contributed by atoms with Gasteiger partial charge in [-0.2, -0.15) is 0 Å². The summed E-state index contributed by atoms with van der Waals surface area (Å²) in [4.78, 5) is 153. The van der Waals surface area contributed by atoms with Crippen molar-refractivity contribution < 1.29 is 107 Å². The molecule has 4 aromatic rings. The molecule has 5 heterocycles. The Morgan fingerprint density at radius 1 is 0.689 bits per heavy atom. The van der Waals surface area contributed by atoms with Crippen molar-refractivity contribution in [3.63, 3.8) is 0 Å². The van der Waals surface area contributed by atoms with Gasteiger partial charge in [0.25, 0.3) is 0 Å². The van der Waals surface area contributed by atoms with Crippen LogP contribution in [0.1, 0.15) is 177 Å². The molecule has 3 aliphatic rings. The standard InChI is InChI=1S/C90H138N10O22/c1-18-56(9)78(72(116-16)50-75(106)100-37-24-28-67(100)83(117-17)59(12)68(101)45-57(10)79(107)61-25-21-20-22-26-61)96(14)87(112)65(53(3)4)49-70(103)77(55(7)8)97(15)90(115)120-52-60-29-30-66(71(47-60)121-89-82(110)80(108)81(109)84(122-89)88(113)114)93-86(111)58(11)46-69(102)76(54(5)6)94-73(104)34-41-118-43-44-119-42-36-91-63-31-38-98(39-32-63)74(105)33-40-99-64(51-95(13)19-2)48-62-27-23-35-92-85(62)99/h20-23,25-27,29-30,35,47-48,53-59,63,65,67,72,76-84,89,91,107-110H,18-19,24,28,31-34,36-46,49-52H2,1-17H3,(H,93,111)(H,94,104)(H,113,114)/t56-,57-,58+,59-,65-,67-,72+,76-,77-,78-,79+,80-,81-,82+,83+,84-,89+/m0/s1. The molecule has 7 rings (SSSR count). The molecule has 32 nitrogen and oxygen atoms in total. The van der Waals surface area contributed by atoms with E-state index in [2.05, 4.69) is 50.4 Å². The summed E-state index contributed by atoms with van der Waals surface area (Å²) in [5.41, 5.74) is 2.82. The minimum Gasteiger partial charge on any atom is -0.479 e. The molecule has 2 aromatic carbocycles. The summed E-state index contributed by atoms with van der Waals surface area (Å²) in [5, 5.41) is 63.3. The molecule has 0 spiro atoms. The summed E-state index contributed by atoms with van der Waals surface area (Å²) in [6.45, 7) is 26.9. The number of carboxylic acid groups (broad SMARTS) is 1. The number of hydrogen-bond acceptors (Lipinski definition) is 24. The minimum atomic E-state index is -2.08. The van der Waals surface area contributed by atoms with E-state index in [-0.39, 0.29) is 116 Å². The van der Waals surface area contributed by atoms with E-state index in [1.165, 1.54) is 46.4 Å². The predicted molar refractivity (Wildman–Crippen MR) is 457 cm³/mol. The fraction of sp³-hybridized carbons (Fsp3) is 0.678. The highest BCUT2D eigenvalue weighted by molar-refractivity contribution is 5.98. The predicted octanol–water partition coefficient (Wildman–Crippen LogP) is 7.60. The second-order valence-electron chi connectivity index (χ2n) is 34.4. The number of nitrogens with one attached hydrogen (secondary N) is 3. The van der Waals surface area contributed by atoms with Gasteiger partial charge >= 0.3 is 12.1 Å². The van der Waals surface area contributed by atoms with E-state index in [1.54, 1.807) is 57.7 Å². The Bertz CT molecular complexity index is 4050. The van der Waals surface area contributed by atoms with Crippen LogP contribution in [0.5, 0.6) is 5.75 Å². The number of rotatable bonds is 50. The van der Waals surface area contributed by atoms with Gasteiger partial charge in [-0.3, -0.25) is 38.4 Å². The van der Waals surface area contributed by atoms with Crippen molar-refractivity contribution in [2.24, 2.45) is 47.3 Å². The summed E-state index contributed by atoms with van der Waals surface area (Å²) in [6.07, 6.45) is -8.47. The van der Waals surface area contributed by atoms with Crippen LogP contribution in [0.4, 0.5) is 10.5 Å². The molecule has 680 valence electrons. The highest BCUT2D eigenvalue weighted by Gasteiger charge is 2.49. The fourth-order valence-corrected chi connectivity index (χ4v) is 16.7. The Balaban J connectivity index is 0.897. The van der Waals surface area contributed by atoms with Crippen LogP contribution in [-0.4, -0.2) is 286 Å². The van der Waals surface area contributed by atoms with Gasteiger partial charge in [-0.1, -0.05) is 126 Å². The SMILES string of the molecule is CC[C@H](C)[C@@H]([C@@H](CC(=O)N1CCC[C@H]1[C@H](OC)[C@@H](C)C(=O)C[C@H](C)[C@@H](O)c1ccccc1)OC)N(C)C(=O)[C@@H](CC(=O)[C@H](C(C)C)N(C)C(=O)OCc1ccc(NC(=O)[C@H](C)CC(=O)[C@@H](NC(=O)CCOCCOCCNC2CCN(C(=O)CCn3c(CN(C)CC)cc4cccnc43)CC2)C(C)C)c(O[C@@H]2O[C@H](C(=O)O)[C@@H](O)[C@H](O)[C@H]2O)c1)C(C)C. The number of methoxy groups -OCH3 is 2. The van der Waals surface area contributed by atoms with Crippen molar-refractivity contribution in [3.05, 3.63) is 89.7 Å². The lowest BCUT2D eigenvalue weighted by atomic mass is 9.83. The first-order valence-corrected chi connectivity index (χ1v) is 43.4. The number of carboxylic acids is 1. The molecule has 6 amide bonds. The van der Waals surface area contributed by atoms with Crippen molar-refractivity contribution >= 4 is 75.7 Å². The first kappa shape index (κ1) is 101. The zero-order valence-electron chi connectivity index (χ0n) is 74.6. The number of aryl methyl sites for hydroxylation is 1. The van der Waals surface area contributed by atoms with Gasteiger partial charge in [-0.05, 0) is 110 Å². The van der Waals surface area contributed by atoms with E-state index in [1.807, 2.05) is 82.0 Å². The van der Waals surface area contributed by atoms with E-state index < -0.39 is 145 Å². The lowest BCUT2D eigenvalue weighted by molar-refractivity contribution is -0.271. The number of aromatic nitrogens is 2. The van der Waals surface area contributed by atoms with Gasteiger partial charge in [0.05, 0.1) is 81.0 Å². The second-order valence-corrected chi connectivity index (χ2v) is 34.4. The monoisotopic (exact) mass is 1710 g/mol. The van der Waals surface area contributed by atoms with Gasteiger partial charge in [-0.15, -0.1) is 0 Å². The number of carbonyl (C=O) groups is 10.